The van der Waals surface area contributed by atoms with Gasteiger partial charge >= 0.3 is 0 Å². The standard InChI is InChI=1S/C11H13NO5/c1-7-16-10(6-13)11(17-7)8-4-2-3-5-9(8)12(14)15/h2-5,7,10-11,13H,6H2,1H3/t7?,10-,11-/m1/s1. The first-order valence-electron chi connectivity index (χ1n) is 5.28. The van der Waals surface area contributed by atoms with E-state index in [1.54, 1.807) is 25.1 Å². The lowest BCUT2D eigenvalue weighted by atomic mass is 10.0. The van der Waals surface area contributed by atoms with E-state index in [1.807, 2.05) is 0 Å². The molecule has 1 heterocycles. The van der Waals surface area contributed by atoms with Crippen molar-refractivity contribution in [3.8, 4) is 0 Å². The summed E-state index contributed by atoms with van der Waals surface area (Å²) < 4.78 is 10.8. The first kappa shape index (κ1) is 12.0. The first-order chi connectivity index (χ1) is 8.13. The number of nitro groups is 1. The van der Waals surface area contributed by atoms with E-state index in [9.17, 15) is 15.2 Å². The number of nitro benzene ring substituents is 1. The lowest BCUT2D eigenvalue weighted by molar-refractivity contribution is -0.386. The molecule has 0 spiro atoms. The zero-order valence-corrected chi connectivity index (χ0v) is 9.28. The quantitative estimate of drug-likeness (QED) is 0.636. The molecule has 6 nitrogen and oxygen atoms in total. The van der Waals surface area contributed by atoms with Crippen molar-refractivity contribution in [1.82, 2.24) is 0 Å². The number of para-hydroxylation sites is 1. The zero-order valence-electron chi connectivity index (χ0n) is 9.28. The highest BCUT2D eigenvalue weighted by Crippen LogP contribution is 2.36. The summed E-state index contributed by atoms with van der Waals surface area (Å²) in [5.74, 6) is 0. The Balaban J connectivity index is 2.36. The molecule has 1 saturated heterocycles. The second-order valence-corrected chi connectivity index (χ2v) is 3.80. The van der Waals surface area contributed by atoms with Crippen molar-refractivity contribution in [3.63, 3.8) is 0 Å². The summed E-state index contributed by atoms with van der Waals surface area (Å²) in [7, 11) is 0. The molecule has 2 rings (SSSR count). The van der Waals surface area contributed by atoms with Crippen LogP contribution in [0.1, 0.15) is 18.6 Å². The maximum absolute atomic E-state index is 10.9. The Morgan fingerprint density at radius 2 is 2.12 bits per heavy atom. The summed E-state index contributed by atoms with van der Waals surface area (Å²) in [5, 5.41) is 20.1. The SMILES string of the molecule is CC1O[C@H](c2ccccc2[N+](=O)[O-])[C@@H](CO)O1. The average molecular weight is 239 g/mol. The number of hydrogen-bond donors (Lipinski definition) is 1. The normalized spacial score (nSPS) is 28.2. The second kappa shape index (κ2) is 4.79. The summed E-state index contributed by atoms with van der Waals surface area (Å²) in [5.41, 5.74) is 0.412. The van der Waals surface area contributed by atoms with Gasteiger partial charge in [0.05, 0.1) is 17.1 Å². The van der Waals surface area contributed by atoms with Gasteiger partial charge in [-0.3, -0.25) is 10.1 Å². The van der Waals surface area contributed by atoms with E-state index in [-0.39, 0.29) is 12.3 Å². The molecule has 0 saturated carbocycles. The Bertz CT molecular complexity index is 422. The van der Waals surface area contributed by atoms with E-state index in [0.29, 0.717) is 5.56 Å². The molecule has 1 aliphatic heterocycles. The Kier molecular flexibility index (Phi) is 3.37. The van der Waals surface area contributed by atoms with Gasteiger partial charge in [-0.25, -0.2) is 0 Å². The largest absolute Gasteiger partial charge is 0.394 e. The Morgan fingerprint density at radius 3 is 2.76 bits per heavy atom. The number of ether oxygens (including phenoxy) is 2. The Hall–Kier alpha value is -1.50. The molecule has 6 heteroatoms. The zero-order chi connectivity index (χ0) is 12.4. The molecule has 0 aliphatic carbocycles. The number of aliphatic hydroxyl groups is 1. The van der Waals surface area contributed by atoms with Crippen molar-refractivity contribution < 1.29 is 19.5 Å². The third-order valence-corrected chi connectivity index (χ3v) is 2.66. The minimum absolute atomic E-state index is 0.0198. The monoisotopic (exact) mass is 239 g/mol. The van der Waals surface area contributed by atoms with E-state index >= 15 is 0 Å². The summed E-state index contributed by atoms with van der Waals surface area (Å²) >= 11 is 0. The smallest absolute Gasteiger partial charge is 0.275 e. The van der Waals surface area contributed by atoms with Crippen LogP contribution in [-0.4, -0.2) is 29.0 Å². The molecule has 0 amide bonds. The fraction of sp³-hybridized carbons (Fsp3) is 0.455. The van der Waals surface area contributed by atoms with Gasteiger partial charge in [0.15, 0.2) is 6.29 Å². The van der Waals surface area contributed by atoms with E-state index in [1.165, 1.54) is 6.07 Å². The van der Waals surface area contributed by atoms with E-state index in [4.69, 9.17) is 9.47 Å². The number of benzene rings is 1. The molecule has 17 heavy (non-hydrogen) atoms. The van der Waals surface area contributed by atoms with Crippen LogP contribution in [0.3, 0.4) is 0 Å². The highest BCUT2D eigenvalue weighted by molar-refractivity contribution is 5.42. The van der Waals surface area contributed by atoms with Crippen LogP contribution < -0.4 is 0 Å². The van der Waals surface area contributed by atoms with Crippen LogP contribution in [0.2, 0.25) is 0 Å². The van der Waals surface area contributed by atoms with Crippen LogP contribution in [0.25, 0.3) is 0 Å². The van der Waals surface area contributed by atoms with Gasteiger partial charge in [0, 0.05) is 6.07 Å². The molecule has 3 atom stereocenters. The van der Waals surface area contributed by atoms with Crippen LogP contribution in [0, 0.1) is 10.1 Å². The molecule has 1 aromatic rings. The number of hydrogen-bond acceptors (Lipinski definition) is 5. The van der Waals surface area contributed by atoms with Crippen molar-refractivity contribution >= 4 is 5.69 Å². The van der Waals surface area contributed by atoms with Gasteiger partial charge in [-0.05, 0) is 13.0 Å². The first-order valence-corrected chi connectivity index (χ1v) is 5.28. The van der Waals surface area contributed by atoms with Crippen molar-refractivity contribution in [2.75, 3.05) is 6.61 Å². The highest BCUT2D eigenvalue weighted by Gasteiger charge is 2.37. The van der Waals surface area contributed by atoms with E-state index in [2.05, 4.69) is 0 Å². The van der Waals surface area contributed by atoms with Crippen LogP contribution in [0.5, 0.6) is 0 Å². The maximum Gasteiger partial charge on any atom is 0.275 e. The Morgan fingerprint density at radius 1 is 1.41 bits per heavy atom. The predicted octanol–water partition coefficient (Wildman–Crippen LogP) is 1.39. The van der Waals surface area contributed by atoms with Crippen molar-refractivity contribution in [2.45, 2.75) is 25.4 Å². The lowest BCUT2D eigenvalue weighted by Crippen LogP contribution is -2.20. The molecular weight excluding hydrogens is 226 g/mol. The molecule has 1 unspecified atom stereocenters. The average Bonchev–Trinajstić information content (AvgIpc) is 2.70. The fourth-order valence-electron chi connectivity index (χ4n) is 1.95. The van der Waals surface area contributed by atoms with Crippen molar-refractivity contribution in [3.05, 3.63) is 39.9 Å². The van der Waals surface area contributed by atoms with Gasteiger partial charge in [0.1, 0.15) is 12.2 Å². The lowest BCUT2D eigenvalue weighted by Gasteiger charge is -2.14. The minimum Gasteiger partial charge on any atom is -0.394 e. The number of aliphatic hydroxyl groups excluding tert-OH is 1. The van der Waals surface area contributed by atoms with Crippen LogP contribution in [0.4, 0.5) is 5.69 Å². The minimum atomic E-state index is -0.600. The third-order valence-electron chi connectivity index (χ3n) is 2.66. The molecule has 0 bridgehead atoms. The van der Waals surface area contributed by atoms with Gasteiger partial charge < -0.3 is 14.6 Å². The molecule has 0 radical (unpaired) electrons. The molecule has 0 aromatic heterocycles. The van der Waals surface area contributed by atoms with E-state index in [0.717, 1.165) is 0 Å². The summed E-state index contributed by atoms with van der Waals surface area (Å²) in [6.07, 6.45) is -1.64. The van der Waals surface area contributed by atoms with E-state index < -0.39 is 23.4 Å². The second-order valence-electron chi connectivity index (χ2n) is 3.80. The summed E-state index contributed by atoms with van der Waals surface area (Å²) in [6, 6.07) is 6.32. The molecular formula is C11H13NO5. The summed E-state index contributed by atoms with van der Waals surface area (Å²) in [4.78, 5) is 10.4. The van der Waals surface area contributed by atoms with Gasteiger partial charge in [-0.1, -0.05) is 12.1 Å². The van der Waals surface area contributed by atoms with Crippen LogP contribution in [0.15, 0.2) is 24.3 Å². The van der Waals surface area contributed by atoms with Crippen LogP contribution in [-0.2, 0) is 9.47 Å². The fourth-order valence-corrected chi connectivity index (χ4v) is 1.95. The van der Waals surface area contributed by atoms with Gasteiger partial charge in [0.25, 0.3) is 5.69 Å². The van der Waals surface area contributed by atoms with Gasteiger partial charge in [-0.2, -0.15) is 0 Å². The molecule has 1 aliphatic rings. The number of nitrogens with zero attached hydrogens (tertiary/aromatic N) is 1. The van der Waals surface area contributed by atoms with Crippen molar-refractivity contribution in [2.24, 2.45) is 0 Å². The van der Waals surface area contributed by atoms with Crippen LogP contribution >= 0.6 is 0 Å². The topological polar surface area (TPSA) is 81.8 Å². The van der Waals surface area contributed by atoms with Crippen molar-refractivity contribution in [1.29, 1.82) is 0 Å². The third kappa shape index (κ3) is 2.28. The Labute approximate surface area is 97.9 Å². The van der Waals surface area contributed by atoms with Gasteiger partial charge in [-0.15, -0.1) is 0 Å². The highest BCUT2D eigenvalue weighted by atomic mass is 16.7. The predicted molar refractivity (Wildman–Crippen MR) is 58.3 cm³/mol. The molecule has 1 fully saturated rings. The molecule has 1 N–H and O–H groups in total. The summed E-state index contributed by atoms with van der Waals surface area (Å²) in [6.45, 7) is 1.46. The van der Waals surface area contributed by atoms with Gasteiger partial charge in [0.2, 0.25) is 0 Å². The molecule has 92 valence electrons. The maximum atomic E-state index is 10.9. The number of rotatable bonds is 3. The molecule has 1 aromatic carbocycles.